The van der Waals surface area contributed by atoms with E-state index in [1.807, 2.05) is 24.3 Å². The molecular formula is C12H13BrO. The van der Waals surface area contributed by atoms with E-state index in [-0.39, 0.29) is 5.41 Å². The minimum Gasteiger partial charge on any atom is -0.299 e. The fraction of sp³-hybridized carbons (Fsp3) is 0.417. The Bertz CT molecular complexity index is 349. The minimum atomic E-state index is 0.00702. The number of ketones is 1. The number of carbonyl (C=O) groups is 1. The van der Waals surface area contributed by atoms with Gasteiger partial charge in [-0.3, -0.25) is 4.79 Å². The summed E-state index contributed by atoms with van der Waals surface area (Å²) in [6.45, 7) is 2.06. The summed E-state index contributed by atoms with van der Waals surface area (Å²) in [6.07, 6.45) is 2.73. The zero-order valence-electron chi connectivity index (χ0n) is 8.22. The normalized spacial score (nSPS) is 17.9. The first-order valence-electron chi connectivity index (χ1n) is 4.88. The quantitative estimate of drug-likeness (QED) is 0.807. The Hall–Kier alpha value is -0.630. The van der Waals surface area contributed by atoms with E-state index < -0.39 is 0 Å². The van der Waals surface area contributed by atoms with Crippen molar-refractivity contribution in [1.82, 2.24) is 0 Å². The van der Waals surface area contributed by atoms with E-state index in [0.717, 1.165) is 22.9 Å². The summed E-state index contributed by atoms with van der Waals surface area (Å²) in [5.74, 6) is 0.389. The third-order valence-corrected chi connectivity index (χ3v) is 3.48. The molecular weight excluding hydrogens is 240 g/mol. The maximum Gasteiger partial charge on any atom is 0.143 e. The topological polar surface area (TPSA) is 17.1 Å². The molecule has 2 heteroatoms. The first-order valence-corrected chi connectivity index (χ1v) is 5.67. The highest BCUT2D eigenvalue weighted by atomic mass is 79.9. The summed E-state index contributed by atoms with van der Waals surface area (Å²) in [7, 11) is 0. The van der Waals surface area contributed by atoms with Gasteiger partial charge in [0, 0.05) is 16.3 Å². The molecule has 0 amide bonds. The molecule has 0 bridgehead atoms. The average molecular weight is 253 g/mol. The molecule has 1 aliphatic rings. The van der Waals surface area contributed by atoms with Gasteiger partial charge >= 0.3 is 0 Å². The van der Waals surface area contributed by atoms with Crippen molar-refractivity contribution in [3.63, 3.8) is 0 Å². The van der Waals surface area contributed by atoms with E-state index in [4.69, 9.17) is 0 Å². The zero-order valence-corrected chi connectivity index (χ0v) is 9.80. The second kappa shape index (κ2) is 3.50. The van der Waals surface area contributed by atoms with E-state index in [1.165, 1.54) is 0 Å². The van der Waals surface area contributed by atoms with Crippen molar-refractivity contribution in [1.29, 1.82) is 0 Å². The standard InChI is InChI=1S/C12H13BrO/c1-12(6-7-12)11(14)8-9-2-4-10(13)5-3-9/h2-5H,6-8H2,1H3. The van der Waals surface area contributed by atoms with Crippen molar-refractivity contribution in [2.75, 3.05) is 0 Å². The number of halogens is 1. The lowest BCUT2D eigenvalue weighted by Gasteiger charge is -2.06. The summed E-state index contributed by atoms with van der Waals surface area (Å²) in [4.78, 5) is 11.8. The van der Waals surface area contributed by atoms with Gasteiger partial charge in [0.15, 0.2) is 0 Å². The molecule has 0 aliphatic heterocycles. The largest absolute Gasteiger partial charge is 0.299 e. The van der Waals surface area contributed by atoms with E-state index in [9.17, 15) is 4.79 Å². The van der Waals surface area contributed by atoms with Crippen LogP contribution in [0, 0.1) is 5.41 Å². The number of benzene rings is 1. The van der Waals surface area contributed by atoms with Crippen LogP contribution in [0.25, 0.3) is 0 Å². The van der Waals surface area contributed by atoms with Gasteiger partial charge in [-0.2, -0.15) is 0 Å². The van der Waals surface area contributed by atoms with Crippen LogP contribution in [0.1, 0.15) is 25.3 Å². The van der Waals surface area contributed by atoms with E-state index in [2.05, 4.69) is 22.9 Å². The third-order valence-electron chi connectivity index (χ3n) is 2.95. The van der Waals surface area contributed by atoms with Gasteiger partial charge in [-0.25, -0.2) is 0 Å². The Labute approximate surface area is 92.6 Å². The molecule has 1 aromatic rings. The number of Topliss-reactive ketones (excluding diaryl/α,β-unsaturated/α-hetero) is 1. The fourth-order valence-electron chi connectivity index (χ4n) is 1.47. The molecule has 0 atom stereocenters. The molecule has 0 spiro atoms. The van der Waals surface area contributed by atoms with Crippen LogP contribution in [0.4, 0.5) is 0 Å². The molecule has 0 N–H and O–H groups in total. The second-order valence-electron chi connectivity index (χ2n) is 4.29. The SMILES string of the molecule is CC1(C(=O)Cc2ccc(Br)cc2)CC1. The van der Waals surface area contributed by atoms with Crippen molar-refractivity contribution in [2.45, 2.75) is 26.2 Å². The molecule has 0 saturated heterocycles. The maximum atomic E-state index is 11.8. The highest BCUT2D eigenvalue weighted by molar-refractivity contribution is 9.10. The Morgan fingerprint density at radius 1 is 1.36 bits per heavy atom. The van der Waals surface area contributed by atoms with Crippen LogP contribution < -0.4 is 0 Å². The smallest absolute Gasteiger partial charge is 0.143 e. The molecule has 1 nitrogen and oxygen atoms in total. The van der Waals surface area contributed by atoms with E-state index in [0.29, 0.717) is 12.2 Å². The predicted octanol–water partition coefficient (Wildman–Crippen LogP) is 3.36. The number of rotatable bonds is 3. The van der Waals surface area contributed by atoms with Crippen molar-refractivity contribution < 1.29 is 4.79 Å². The molecule has 0 radical (unpaired) electrons. The lowest BCUT2D eigenvalue weighted by Crippen LogP contribution is -2.14. The molecule has 14 heavy (non-hydrogen) atoms. The highest BCUT2D eigenvalue weighted by Crippen LogP contribution is 2.46. The van der Waals surface area contributed by atoms with Crippen LogP contribution in [0.5, 0.6) is 0 Å². The molecule has 1 fully saturated rings. The zero-order chi connectivity index (χ0) is 10.2. The average Bonchev–Trinajstić information content (AvgIpc) is 2.89. The van der Waals surface area contributed by atoms with Gasteiger partial charge in [-0.1, -0.05) is 35.0 Å². The second-order valence-corrected chi connectivity index (χ2v) is 5.20. The van der Waals surface area contributed by atoms with Gasteiger partial charge in [0.05, 0.1) is 0 Å². The van der Waals surface area contributed by atoms with E-state index >= 15 is 0 Å². The maximum absolute atomic E-state index is 11.8. The molecule has 74 valence electrons. The Morgan fingerprint density at radius 3 is 2.43 bits per heavy atom. The molecule has 1 saturated carbocycles. The van der Waals surface area contributed by atoms with Gasteiger partial charge < -0.3 is 0 Å². The molecule has 0 aromatic heterocycles. The Morgan fingerprint density at radius 2 is 1.93 bits per heavy atom. The number of carbonyl (C=O) groups excluding carboxylic acids is 1. The van der Waals surface area contributed by atoms with Gasteiger partial charge in [-0.05, 0) is 30.5 Å². The lowest BCUT2D eigenvalue weighted by molar-refractivity contribution is -0.122. The summed E-state index contributed by atoms with van der Waals surface area (Å²) in [5.41, 5.74) is 1.12. The van der Waals surface area contributed by atoms with Crippen molar-refractivity contribution >= 4 is 21.7 Å². The summed E-state index contributed by atoms with van der Waals surface area (Å²) < 4.78 is 1.06. The molecule has 0 unspecified atom stereocenters. The minimum absolute atomic E-state index is 0.00702. The van der Waals surface area contributed by atoms with E-state index in [1.54, 1.807) is 0 Å². The highest BCUT2D eigenvalue weighted by Gasteiger charge is 2.43. The molecule has 1 aliphatic carbocycles. The third kappa shape index (κ3) is 2.06. The lowest BCUT2D eigenvalue weighted by atomic mass is 9.97. The Kier molecular flexibility index (Phi) is 2.48. The molecule has 1 aromatic carbocycles. The van der Waals surface area contributed by atoms with Crippen LogP contribution in [0.2, 0.25) is 0 Å². The van der Waals surface area contributed by atoms with Gasteiger partial charge in [0.1, 0.15) is 5.78 Å². The van der Waals surface area contributed by atoms with Crippen LogP contribution in [-0.2, 0) is 11.2 Å². The van der Waals surface area contributed by atoms with Gasteiger partial charge in [-0.15, -0.1) is 0 Å². The first-order chi connectivity index (χ1) is 6.60. The monoisotopic (exact) mass is 252 g/mol. The van der Waals surface area contributed by atoms with Crippen LogP contribution in [0.15, 0.2) is 28.7 Å². The summed E-state index contributed by atoms with van der Waals surface area (Å²) in [5, 5.41) is 0. The van der Waals surface area contributed by atoms with Gasteiger partial charge in [0.2, 0.25) is 0 Å². The van der Waals surface area contributed by atoms with Crippen LogP contribution in [-0.4, -0.2) is 5.78 Å². The van der Waals surface area contributed by atoms with Crippen molar-refractivity contribution in [3.8, 4) is 0 Å². The Balaban J connectivity index is 2.04. The summed E-state index contributed by atoms with van der Waals surface area (Å²) in [6, 6.07) is 7.98. The molecule has 0 heterocycles. The number of hydrogen-bond donors (Lipinski definition) is 0. The first kappa shape index (κ1) is 9.91. The fourth-order valence-corrected chi connectivity index (χ4v) is 1.73. The summed E-state index contributed by atoms with van der Waals surface area (Å²) >= 11 is 3.38. The van der Waals surface area contributed by atoms with Crippen molar-refractivity contribution in [3.05, 3.63) is 34.3 Å². The molecule has 2 rings (SSSR count). The van der Waals surface area contributed by atoms with Crippen molar-refractivity contribution in [2.24, 2.45) is 5.41 Å². The number of hydrogen-bond acceptors (Lipinski definition) is 1. The van der Waals surface area contributed by atoms with Crippen LogP contribution >= 0.6 is 15.9 Å². The predicted molar refractivity (Wildman–Crippen MR) is 60.2 cm³/mol. The van der Waals surface area contributed by atoms with Gasteiger partial charge in [0.25, 0.3) is 0 Å². The van der Waals surface area contributed by atoms with Crippen LogP contribution in [0.3, 0.4) is 0 Å².